The van der Waals surface area contributed by atoms with E-state index in [0.29, 0.717) is 22.9 Å². The number of nitrogens with one attached hydrogen (secondary N) is 1. The molecule has 8 nitrogen and oxygen atoms in total. The molecule has 0 saturated heterocycles. The molecule has 3 aromatic carbocycles. The van der Waals surface area contributed by atoms with Crippen molar-refractivity contribution in [1.29, 1.82) is 0 Å². The average molecular weight is 596 g/mol. The van der Waals surface area contributed by atoms with Crippen LogP contribution in [0, 0.1) is 0 Å². The minimum absolute atomic E-state index is 0.0454. The lowest BCUT2D eigenvalue weighted by molar-refractivity contribution is -0.136. The molecule has 1 saturated carbocycles. The lowest BCUT2D eigenvalue weighted by Crippen LogP contribution is -2.64. The van der Waals surface area contributed by atoms with Crippen LogP contribution in [-0.2, 0) is 23.4 Å². The molecule has 2 amide bonds. The summed E-state index contributed by atoms with van der Waals surface area (Å²) in [7, 11) is 4.86. The summed E-state index contributed by atoms with van der Waals surface area (Å²) in [5, 5.41) is 4.21. The molecule has 2 aliphatic rings. The number of nitrogens with zero attached hydrogens (tertiary/aromatic N) is 2. The molecule has 1 aliphatic heterocycles. The number of aromatic nitrogens is 1. The van der Waals surface area contributed by atoms with E-state index >= 15 is 4.79 Å². The van der Waals surface area contributed by atoms with Gasteiger partial charge in [0.25, 0.3) is 11.8 Å². The van der Waals surface area contributed by atoms with E-state index in [1.54, 1.807) is 26.2 Å². The SMILES string of the molecule is COc1ccccc1CN1C(=O)c2cc3c(OC)ccc(OC)c3n2C[C@]1(C(=O)NC1CCCCCCC1)c1ccccc1. The van der Waals surface area contributed by atoms with Crippen LogP contribution < -0.4 is 19.5 Å². The molecule has 0 bridgehead atoms. The van der Waals surface area contributed by atoms with Gasteiger partial charge in [0, 0.05) is 17.0 Å². The van der Waals surface area contributed by atoms with E-state index in [0.717, 1.165) is 47.7 Å². The maximum Gasteiger partial charge on any atom is 0.272 e. The highest BCUT2D eigenvalue weighted by Crippen LogP contribution is 2.44. The normalized spacial score (nSPS) is 19.2. The lowest BCUT2D eigenvalue weighted by atomic mass is 9.83. The summed E-state index contributed by atoms with van der Waals surface area (Å²) in [6, 6.07) is 23.0. The van der Waals surface area contributed by atoms with Gasteiger partial charge >= 0.3 is 0 Å². The Hall–Kier alpha value is -4.46. The Balaban J connectivity index is 1.57. The summed E-state index contributed by atoms with van der Waals surface area (Å²) in [6.07, 6.45) is 7.61. The molecule has 0 radical (unpaired) electrons. The predicted octanol–water partition coefficient (Wildman–Crippen LogP) is 6.45. The highest BCUT2D eigenvalue weighted by atomic mass is 16.5. The Kier molecular flexibility index (Phi) is 8.51. The molecule has 2 heterocycles. The molecule has 0 unspecified atom stereocenters. The van der Waals surface area contributed by atoms with Crippen molar-refractivity contribution in [3.63, 3.8) is 0 Å². The fourth-order valence-electron chi connectivity index (χ4n) is 7.03. The average Bonchev–Trinajstić information content (AvgIpc) is 3.43. The van der Waals surface area contributed by atoms with Crippen molar-refractivity contribution in [1.82, 2.24) is 14.8 Å². The summed E-state index contributed by atoms with van der Waals surface area (Å²) in [5.74, 6) is 1.49. The maximum absolute atomic E-state index is 15.0. The van der Waals surface area contributed by atoms with Gasteiger partial charge in [-0.3, -0.25) is 9.59 Å². The summed E-state index contributed by atoms with van der Waals surface area (Å²) < 4.78 is 19.2. The van der Waals surface area contributed by atoms with E-state index < -0.39 is 5.54 Å². The van der Waals surface area contributed by atoms with Crippen LogP contribution in [0.3, 0.4) is 0 Å². The molecule has 1 aromatic heterocycles. The monoisotopic (exact) mass is 595 g/mol. The summed E-state index contributed by atoms with van der Waals surface area (Å²) in [4.78, 5) is 31.6. The molecule has 0 spiro atoms. The van der Waals surface area contributed by atoms with Gasteiger partial charge in [-0.25, -0.2) is 0 Å². The number of carbonyl (C=O) groups excluding carboxylic acids is 2. The first-order valence-corrected chi connectivity index (χ1v) is 15.6. The Morgan fingerprint density at radius 3 is 2.16 bits per heavy atom. The van der Waals surface area contributed by atoms with Crippen LogP contribution in [0.4, 0.5) is 0 Å². The van der Waals surface area contributed by atoms with Crippen molar-refractivity contribution in [2.75, 3.05) is 21.3 Å². The first-order valence-electron chi connectivity index (χ1n) is 15.6. The minimum Gasteiger partial charge on any atom is -0.496 e. The zero-order chi connectivity index (χ0) is 30.7. The molecule has 8 heteroatoms. The minimum atomic E-state index is -1.35. The molecule has 44 heavy (non-hydrogen) atoms. The number of para-hydroxylation sites is 1. The van der Waals surface area contributed by atoms with E-state index in [1.807, 2.05) is 77.4 Å². The first-order chi connectivity index (χ1) is 21.5. The van der Waals surface area contributed by atoms with Gasteiger partial charge in [-0.2, -0.15) is 0 Å². The Morgan fingerprint density at radius 2 is 1.45 bits per heavy atom. The quantitative estimate of drug-likeness (QED) is 0.253. The topological polar surface area (TPSA) is 82.0 Å². The van der Waals surface area contributed by atoms with Crippen molar-refractivity contribution in [3.8, 4) is 17.2 Å². The van der Waals surface area contributed by atoms with Gasteiger partial charge in [-0.1, -0.05) is 80.6 Å². The van der Waals surface area contributed by atoms with Crippen molar-refractivity contribution in [3.05, 3.63) is 89.6 Å². The second-order valence-electron chi connectivity index (χ2n) is 11.8. The molecule has 1 aliphatic carbocycles. The van der Waals surface area contributed by atoms with Gasteiger partial charge in [0.2, 0.25) is 0 Å². The van der Waals surface area contributed by atoms with Crippen LogP contribution in [-0.4, -0.2) is 48.7 Å². The van der Waals surface area contributed by atoms with Crippen molar-refractivity contribution >= 4 is 22.7 Å². The second-order valence-corrected chi connectivity index (χ2v) is 11.8. The van der Waals surface area contributed by atoms with E-state index in [9.17, 15) is 4.79 Å². The Labute approximate surface area is 258 Å². The van der Waals surface area contributed by atoms with E-state index in [4.69, 9.17) is 14.2 Å². The summed E-state index contributed by atoms with van der Waals surface area (Å²) in [6.45, 7) is 0.393. The zero-order valence-corrected chi connectivity index (χ0v) is 25.8. The first kappa shape index (κ1) is 29.6. The molecule has 6 rings (SSSR count). The van der Waals surface area contributed by atoms with Crippen LogP contribution in [0.25, 0.3) is 10.9 Å². The van der Waals surface area contributed by atoms with Crippen LogP contribution in [0.5, 0.6) is 17.2 Å². The third-order valence-corrected chi connectivity index (χ3v) is 9.32. The largest absolute Gasteiger partial charge is 0.496 e. The Bertz CT molecular complexity index is 1640. The van der Waals surface area contributed by atoms with Crippen LogP contribution in [0.2, 0.25) is 0 Å². The van der Waals surface area contributed by atoms with E-state index in [1.165, 1.54) is 19.3 Å². The van der Waals surface area contributed by atoms with E-state index in [2.05, 4.69) is 5.32 Å². The predicted molar refractivity (Wildman–Crippen MR) is 170 cm³/mol. The highest BCUT2D eigenvalue weighted by Gasteiger charge is 2.53. The summed E-state index contributed by atoms with van der Waals surface area (Å²) >= 11 is 0. The van der Waals surface area contributed by atoms with Gasteiger partial charge in [0.15, 0.2) is 5.54 Å². The van der Waals surface area contributed by atoms with Gasteiger partial charge in [-0.15, -0.1) is 0 Å². The third kappa shape index (κ3) is 5.16. The number of hydrogen-bond acceptors (Lipinski definition) is 5. The zero-order valence-electron chi connectivity index (χ0n) is 25.8. The van der Waals surface area contributed by atoms with Gasteiger partial charge < -0.3 is 29.0 Å². The smallest absolute Gasteiger partial charge is 0.272 e. The maximum atomic E-state index is 15.0. The van der Waals surface area contributed by atoms with Gasteiger partial charge in [0.05, 0.1) is 39.9 Å². The number of methoxy groups -OCH3 is 3. The number of rotatable bonds is 8. The standard InChI is InChI=1S/C36H41N3O5/c1-42-30-19-13-12-14-25(30)23-39-34(40)29-22-28-31(43-2)20-21-32(44-3)33(28)38(29)24-36(39,26-15-8-7-9-16-26)35(41)37-27-17-10-5-4-6-11-18-27/h7-9,12-16,19-22,27H,4-6,10-11,17-18,23-24H2,1-3H3,(H,37,41)/t36-/m1/s1. The number of ether oxygens (including phenoxy) is 3. The Morgan fingerprint density at radius 1 is 0.818 bits per heavy atom. The van der Waals surface area contributed by atoms with Gasteiger partial charge in [0.1, 0.15) is 22.9 Å². The van der Waals surface area contributed by atoms with Crippen molar-refractivity contribution in [2.24, 2.45) is 0 Å². The molecule has 1 fully saturated rings. The number of hydrogen-bond donors (Lipinski definition) is 1. The fourth-order valence-corrected chi connectivity index (χ4v) is 7.03. The van der Waals surface area contributed by atoms with E-state index in [-0.39, 0.29) is 30.9 Å². The van der Waals surface area contributed by atoms with Crippen molar-refractivity contribution < 1.29 is 23.8 Å². The van der Waals surface area contributed by atoms with Crippen LogP contribution in [0.1, 0.15) is 66.6 Å². The van der Waals surface area contributed by atoms with Gasteiger partial charge in [-0.05, 0) is 42.7 Å². The molecular formula is C36H41N3O5. The molecule has 230 valence electrons. The number of carbonyl (C=O) groups is 2. The third-order valence-electron chi connectivity index (χ3n) is 9.32. The lowest BCUT2D eigenvalue weighted by Gasteiger charge is -2.47. The molecule has 4 aromatic rings. The number of amides is 2. The van der Waals surface area contributed by atoms with Crippen LogP contribution >= 0.6 is 0 Å². The van der Waals surface area contributed by atoms with Crippen molar-refractivity contribution in [2.45, 2.75) is 69.6 Å². The molecule has 1 N–H and O–H groups in total. The highest BCUT2D eigenvalue weighted by molar-refractivity contribution is 6.06. The molecule has 1 atom stereocenters. The molecular weight excluding hydrogens is 554 g/mol. The number of fused-ring (bicyclic) bond motifs is 3. The number of benzene rings is 3. The van der Waals surface area contributed by atoms with Crippen LogP contribution in [0.15, 0.2) is 72.8 Å². The second kappa shape index (κ2) is 12.6. The summed E-state index contributed by atoms with van der Waals surface area (Å²) in [5.41, 5.74) is 1.42. The fraction of sp³-hybridized carbons (Fsp3) is 0.389.